The highest BCUT2D eigenvalue weighted by Gasteiger charge is 2.34. The number of fused-ring (bicyclic) bond motifs is 3. The van der Waals surface area contributed by atoms with Gasteiger partial charge in [0.1, 0.15) is 5.69 Å². The van der Waals surface area contributed by atoms with Crippen LogP contribution >= 0.6 is 0 Å². The minimum atomic E-state index is -0.870. The van der Waals surface area contributed by atoms with E-state index in [1.807, 2.05) is 4.90 Å². The second-order valence-corrected chi connectivity index (χ2v) is 4.50. The maximum atomic E-state index is 13.9. The fourth-order valence-electron chi connectivity index (χ4n) is 2.68. The van der Waals surface area contributed by atoms with E-state index in [9.17, 15) is 13.6 Å². The van der Waals surface area contributed by atoms with Gasteiger partial charge in [-0.15, -0.1) is 0 Å². The molecule has 1 saturated heterocycles. The van der Waals surface area contributed by atoms with Gasteiger partial charge in [-0.2, -0.15) is 0 Å². The normalized spacial score (nSPS) is 22.8. The zero-order valence-electron chi connectivity index (χ0n) is 9.17. The monoisotopic (exact) mass is 238 g/mol. The second kappa shape index (κ2) is 3.68. The first-order chi connectivity index (χ1) is 8.16. The van der Waals surface area contributed by atoms with Crippen LogP contribution in [0.5, 0.6) is 0 Å². The molecule has 0 radical (unpaired) electrons. The molecule has 1 amide bonds. The maximum absolute atomic E-state index is 13.9. The van der Waals surface area contributed by atoms with E-state index >= 15 is 0 Å². The SMILES string of the molecule is O=C1CC2CCCN2c2c(ccc(F)c2F)N1. The number of hydrogen-bond donors (Lipinski definition) is 1. The third-order valence-corrected chi connectivity index (χ3v) is 3.43. The average molecular weight is 238 g/mol. The number of rotatable bonds is 0. The molecule has 0 aromatic heterocycles. The van der Waals surface area contributed by atoms with Gasteiger partial charge in [-0.05, 0) is 25.0 Å². The molecule has 3 nitrogen and oxygen atoms in total. The van der Waals surface area contributed by atoms with Crippen LogP contribution in [0.1, 0.15) is 19.3 Å². The predicted molar refractivity (Wildman–Crippen MR) is 60.0 cm³/mol. The molecule has 1 N–H and O–H groups in total. The average Bonchev–Trinajstić information content (AvgIpc) is 2.67. The van der Waals surface area contributed by atoms with E-state index < -0.39 is 11.6 Å². The van der Waals surface area contributed by atoms with Gasteiger partial charge in [0.15, 0.2) is 11.6 Å². The van der Waals surface area contributed by atoms with Crippen molar-refractivity contribution in [1.82, 2.24) is 0 Å². The lowest BCUT2D eigenvalue weighted by Crippen LogP contribution is -2.30. The summed E-state index contributed by atoms with van der Waals surface area (Å²) in [6.45, 7) is 0.674. The van der Waals surface area contributed by atoms with Gasteiger partial charge >= 0.3 is 0 Å². The summed E-state index contributed by atoms with van der Waals surface area (Å²) in [6, 6.07) is 2.46. The summed E-state index contributed by atoms with van der Waals surface area (Å²) >= 11 is 0. The molecule has 2 heterocycles. The molecule has 3 rings (SSSR count). The number of halogens is 2. The van der Waals surface area contributed by atoms with Gasteiger partial charge in [0.05, 0.1) is 5.69 Å². The third kappa shape index (κ3) is 1.57. The molecule has 1 fully saturated rings. The van der Waals surface area contributed by atoms with Crippen molar-refractivity contribution >= 4 is 17.3 Å². The molecule has 1 atom stereocenters. The second-order valence-electron chi connectivity index (χ2n) is 4.50. The quantitative estimate of drug-likeness (QED) is 0.752. The first-order valence-electron chi connectivity index (χ1n) is 5.71. The van der Waals surface area contributed by atoms with Crippen molar-refractivity contribution in [1.29, 1.82) is 0 Å². The minimum Gasteiger partial charge on any atom is -0.364 e. The van der Waals surface area contributed by atoms with Gasteiger partial charge in [0, 0.05) is 19.0 Å². The molecule has 1 aromatic rings. The minimum absolute atomic E-state index is 0.00690. The lowest BCUT2D eigenvalue weighted by Gasteiger charge is -2.25. The fraction of sp³-hybridized carbons (Fsp3) is 0.417. The summed E-state index contributed by atoms with van der Waals surface area (Å²) < 4.78 is 27.1. The van der Waals surface area contributed by atoms with E-state index in [0.717, 1.165) is 18.9 Å². The lowest BCUT2D eigenvalue weighted by atomic mass is 10.1. The van der Waals surface area contributed by atoms with Gasteiger partial charge < -0.3 is 10.2 Å². The highest BCUT2D eigenvalue weighted by Crippen LogP contribution is 2.38. The standard InChI is InChI=1S/C12H12F2N2O/c13-8-3-4-9-12(11(8)14)16-5-1-2-7(16)6-10(17)15-9/h3-4,7H,1-2,5-6H2,(H,15,17). The number of anilines is 2. The molecule has 0 bridgehead atoms. The van der Waals surface area contributed by atoms with Crippen molar-refractivity contribution in [2.75, 3.05) is 16.8 Å². The Labute approximate surface area is 97.4 Å². The van der Waals surface area contributed by atoms with Crippen LogP contribution in [-0.4, -0.2) is 18.5 Å². The van der Waals surface area contributed by atoms with Crippen LogP contribution in [-0.2, 0) is 4.79 Å². The van der Waals surface area contributed by atoms with Crippen LogP contribution in [0.4, 0.5) is 20.2 Å². The van der Waals surface area contributed by atoms with E-state index in [0.29, 0.717) is 18.7 Å². The number of carbonyl (C=O) groups excluding carboxylic acids is 1. The van der Waals surface area contributed by atoms with Crippen molar-refractivity contribution in [2.24, 2.45) is 0 Å². The molecular weight excluding hydrogens is 226 g/mol. The number of nitrogens with zero attached hydrogens (tertiary/aromatic N) is 1. The number of nitrogens with one attached hydrogen (secondary N) is 1. The van der Waals surface area contributed by atoms with Gasteiger partial charge in [0.2, 0.25) is 5.91 Å². The molecule has 2 aliphatic rings. The molecule has 0 saturated carbocycles. The van der Waals surface area contributed by atoms with Gasteiger partial charge in [-0.1, -0.05) is 0 Å². The lowest BCUT2D eigenvalue weighted by molar-refractivity contribution is -0.116. The Hall–Kier alpha value is -1.65. The summed E-state index contributed by atoms with van der Waals surface area (Å²) in [5.74, 6) is -1.87. The molecule has 0 aliphatic carbocycles. The maximum Gasteiger partial charge on any atom is 0.226 e. The largest absolute Gasteiger partial charge is 0.364 e. The van der Waals surface area contributed by atoms with Gasteiger partial charge in [-0.25, -0.2) is 8.78 Å². The van der Waals surface area contributed by atoms with Crippen molar-refractivity contribution < 1.29 is 13.6 Å². The van der Waals surface area contributed by atoms with E-state index in [-0.39, 0.29) is 17.6 Å². The first-order valence-corrected chi connectivity index (χ1v) is 5.71. The third-order valence-electron chi connectivity index (χ3n) is 3.43. The van der Waals surface area contributed by atoms with Crippen LogP contribution in [0.3, 0.4) is 0 Å². The topological polar surface area (TPSA) is 32.3 Å². The van der Waals surface area contributed by atoms with Crippen molar-refractivity contribution in [3.63, 3.8) is 0 Å². The summed E-state index contributed by atoms with van der Waals surface area (Å²) in [5, 5.41) is 2.63. The number of benzene rings is 1. The van der Waals surface area contributed by atoms with E-state index in [4.69, 9.17) is 0 Å². The number of carbonyl (C=O) groups is 1. The highest BCUT2D eigenvalue weighted by molar-refractivity contribution is 5.97. The predicted octanol–water partition coefficient (Wildman–Crippen LogP) is 2.28. The summed E-state index contributed by atoms with van der Waals surface area (Å²) in [4.78, 5) is 13.4. The molecule has 90 valence electrons. The number of hydrogen-bond acceptors (Lipinski definition) is 2. The smallest absolute Gasteiger partial charge is 0.226 e. The Bertz CT molecular complexity index is 490. The highest BCUT2D eigenvalue weighted by atomic mass is 19.2. The van der Waals surface area contributed by atoms with Crippen LogP contribution in [0.2, 0.25) is 0 Å². The summed E-state index contributed by atoms with van der Waals surface area (Å²) in [5.41, 5.74) is 0.580. The Morgan fingerprint density at radius 1 is 1.35 bits per heavy atom. The first kappa shape index (κ1) is 10.5. The van der Waals surface area contributed by atoms with E-state index in [1.54, 1.807) is 0 Å². The van der Waals surface area contributed by atoms with Crippen LogP contribution in [0.25, 0.3) is 0 Å². The van der Waals surface area contributed by atoms with Crippen LogP contribution in [0.15, 0.2) is 12.1 Å². The van der Waals surface area contributed by atoms with Crippen molar-refractivity contribution in [2.45, 2.75) is 25.3 Å². The van der Waals surface area contributed by atoms with Crippen LogP contribution < -0.4 is 10.2 Å². The molecular formula is C12H12F2N2O. The Morgan fingerprint density at radius 3 is 3.00 bits per heavy atom. The zero-order valence-corrected chi connectivity index (χ0v) is 9.17. The molecule has 2 aliphatic heterocycles. The molecule has 17 heavy (non-hydrogen) atoms. The van der Waals surface area contributed by atoms with Crippen LogP contribution in [0, 0.1) is 11.6 Å². The molecule has 1 aromatic carbocycles. The summed E-state index contributed by atoms with van der Waals surface area (Å²) in [6.07, 6.45) is 2.10. The van der Waals surface area contributed by atoms with Gasteiger partial charge in [-0.3, -0.25) is 4.79 Å². The van der Waals surface area contributed by atoms with Crippen molar-refractivity contribution in [3.8, 4) is 0 Å². The fourth-order valence-corrected chi connectivity index (χ4v) is 2.68. The molecule has 5 heteroatoms. The van der Waals surface area contributed by atoms with E-state index in [2.05, 4.69) is 5.32 Å². The number of amides is 1. The van der Waals surface area contributed by atoms with E-state index in [1.165, 1.54) is 6.07 Å². The molecule has 1 unspecified atom stereocenters. The Morgan fingerprint density at radius 2 is 2.18 bits per heavy atom. The Balaban J connectivity index is 2.17. The van der Waals surface area contributed by atoms with Crippen molar-refractivity contribution in [3.05, 3.63) is 23.8 Å². The summed E-state index contributed by atoms with van der Waals surface area (Å²) in [7, 11) is 0. The zero-order chi connectivity index (χ0) is 12.0. The Kier molecular flexibility index (Phi) is 2.28. The van der Waals surface area contributed by atoms with Gasteiger partial charge in [0.25, 0.3) is 0 Å². The molecule has 0 spiro atoms.